The minimum Gasteiger partial charge on any atom is -0.384 e. The molecule has 3 nitrogen and oxygen atoms in total. The Kier molecular flexibility index (Phi) is 6.79. The van der Waals surface area contributed by atoms with Gasteiger partial charge in [-0.2, -0.15) is 0 Å². The monoisotopic (exact) mass is 284 g/mol. The first-order valence-corrected chi connectivity index (χ1v) is 8.40. The van der Waals surface area contributed by atoms with Gasteiger partial charge >= 0.3 is 0 Å². The molecule has 0 N–H and O–H groups in total. The first kappa shape index (κ1) is 16.3. The zero-order valence-corrected chi connectivity index (χ0v) is 13.4. The van der Waals surface area contributed by atoms with Crippen molar-refractivity contribution in [1.82, 2.24) is 0 Å². The third-order valence-corrected chi connectivity index (χ3v) is 5.24. The van der Waals surface area contributed by atoms with Gasteiger partial charge in [-0.15, -0.1) is 0 Å². The van der Waals surface area contributed by atoms with Crippen LogP contribution in [-0.2, 0) is 14.2 Å². The number of hydrogen-bond donors (Lipinski definition) is 0. The lowest BCUT2D eigenvalue weighted by molar-refractivity contribution is -0.119. The normalized spacial score (nSPS) is 22.5. The lowest BCUT2D eigenvalue weighted by Crippen LogP contribution is -2.47. The zero-order chi connectivity index (χ0) is 14.3. The van der Waals surface area contributed by atoms with E-state index in [9.17, 15) is 0 Å². The van der Waals surface area contributed by atoms with E-state index in [0.717, 1.165) is 19.8 Å². The molecule has 0 aliphatic heterocycles. The van der Waals surface area contributed by atoms with Crippen molar-refractivity contribution in [3.63, 3.8) is 0 Å². The number of rotatable bonds is 8. The van der Waals surface area contributed by atoms with Crippen LogP contribution in [0.5, 0.6) is 0 Å². The molecule has 0 atom stereocenters. The summed E-state index contributed by atoms with van der Waals surface area (Å²) in [5, 5.41) is 0. The molecular weight excluding hydrogens is 252 g/mol. The summed E-state index contributed by atoms with van der Waals surface area (Å²) in [6.45, 7) is 2.33. The lowest BCUT2D eigenvalue weighted by Gasteiger charge is -2.45. The summed E-state index contributed by atoms with van der Waals surface area (Å²) >= 11 is 0. The van der Waals surface area contributed by atoms with E-state index >= 15 is 0 Å². The van der Waals surface area contributed by atoms with Crippen molar-refractivity contribution in [3.05, 3.63) is 0 Å². The molecule has 0 aromatic heterocycles. The second kappa shape index (κ2) is 8.35. The van der Waals surface area contributed by atoms with Crippen LogP contribution in [0.1, 0.15) is 57.8 Å². The first-order valence-electron chi connectivity index (χ1n) is 8.40. The van der Waals surface area contributed by atoms with Crippen LogP contribution in [0.2, 0.25) is 0 Å². The summed E-state index contributed by atoms with van der Waals surface area (Å²) in [6, 6.07) is 0. The minimum atomic E-state index is 0.0774. The maximum Gasteiger partial charge on any atom is 0.0575 e. The molecule has 3 heteroatoms. The van der Waals surface area contributed by atoms with Crippen molar-refractivity contribution in [2.75, 3.05) is 34.0 Å². The highest BCUT2D eigenvalue weighted by molar-refractivity contribution is 4.91. The summed E-state index contributed by atoms with van der Waals surface area (Å²) in [5.41, 5.74) is 0.0774. The summed E-state index contributed by atoms with van der Waals surface area (Å²) < 4.78 is 17.4. The lowest BCUT2D eigenvalue weighted by atomic mass is 9.66. The molecule has 0 radical (unpaired) electrons. The quantitative estimate of drug-likeness (QED) is 0.634. The van der Waals surface area contributed by atoms with Gasteiger partial charge < -0.3 is 14.2 Å². The molecule has 2 rings (SSSR count). The van der Waals surface area contributed by atoms with Gasteiger partial charge in [-0.05, 0) is 31.6 Å². The topological polar surface area (TPSA) is 27.7 Å². The molecular formula is C17H32O3. The molecule has 0 bridgehead atoms. The van der Waals surface area contributed by atoms with Gasteiger partial charge in [0.15, 0.2) is 0 Å². The van der Waals surface area contributed by atoms with E-state index in [1.165, 1.54) is 57.8 Å². The molecule has 0 spiro atoms. The van der Waals surface area contributed by atoms with Gasteiger partial charge in [0.05, 0.1) is 25.9 Å². The fraction of sp³-hybridized carbons (Fsp3) is 1.00. The molecule has 0 unspecified atom stereocenters. The van der Waals surface area contributed by atoms with Crippen molar-refractivity contribution in [3.8, 4) is 0 Å². The molecule has 0 aromatic carbocycles. The van der Waals surface area contributed by atoms with E-state index in [2.05, 4.69) is 0 Å². The van der Waals surface area contributed by atoms with Gasteiger partial charge in [-0.1, -0.05) is 32.1 Å². The van der Waals surface area contributed by atoms with Crippen LogP contribution in [-0.4, -0.2) is 40.1 Å². The van der Waals surface area contributed by atoms with E-state index in [0.29, 0.717) is 12.0 Å². The SMILES string of the molecule is COCC(COC)(COC1CCCCCC1)C1CCC1. The van der Waals surface area contributed by atoms with E-state index < -0.39 is 0 Å². The van der Waals surface area contributed by atoms with Gasteiger partial charge in [0, 0.05) is 19.6 Å². The van der Waals surface area contributed by atoms with E-state index in [-0.39, 0.29) is 5.41 Å². The first-order chi connectivity index (χ1) is 9.80. The Morgan fingerprint density at radius 2 is 1.35 bits per heavy atom. The number of hydrogen-bond acceptors (Lipinski definition) is 3. The third kappa shape index (κ3) is 4.19. The Hall–Kier alpha value is -0.120. The highest BCUT2D eigenvalue weighted by Crippen LogP contribution is 2.43. The summed E-state index contributed by atoms with van der Waals surface area (Å²) in [7, 11) is 3.60. The van der Waals surface area contributed by atoms with Crippen molar-refractivity contribution in [2.24, 2.45) is 11.3 Å². The number of methoxy groups -OCH3 is 2. The molecule has 0 aromatic rings. The van der Waals surface area contributed by atoms with Crippen LogP contribution in [0.3, 0.4) is 0 Å². The highest BCUT2D eigenvalue weighted by Gasteiger charge is 2.43. The fourth-order valence-electron chi connectivity index (χ4n) is 3.77. The largest absolute Gasteiger partial charge is 0.384 e. The maximum atomic E-state index is 6.33. The molecule has 20 heavy (non-hydrogen) atoms. The average molecular weight is 284 g/mol. The Labute approximate surface area is 124 Å². The zero-order valence-electron chi connectivity index (χ0n) is 13.4. The Bertz CT molecular complexity index is 249. The van der Waals surface area contributed by atoms with Gasteiger partial charge in [-0.3, -0.25) is 0 Å². The molecule has 0 amide bonds. The van der Waals surface area contributed by atoms with Crippen LogP contribution >= 0.6 is 0 Å². The van der Waals surface area contributed by atoms with Crippen LogP contribution < -0.4 is 0 Å². The van der Waals surface area contributed by atoms with Crippen molar-refractivity contribution >= 4 is 0 Å². The van der Waals surface area contributed by atoms with E-state index in [1.807, 2.05) is 0 Å². The maximum absolute atomic E-state index is 6.33. The van der Waals surface area contributed by atoms with Crippen molar-refractivity contribution in [2.45, 2.75) is 63.9 Å². The smallest absolute Gasteiger partial charge is 0.0575 e. The summed E-state index contributed by atoms with van der Waals surface area (Å²) in [4.78, 5) is 0. The van der Waals surface area contributed by atoms with Crippen LogP contribution in [0, 0.1) is 11.3 Å². The Morgan fingerprint density at radius 3 is 1.80 bits per heavy atom. The molecule has 2 aliphatic rings. The molecule has 0 heterocycles. The second-order valence-corrected chi connectivity index (χ2v) is 6.78. The van der Waals surface area contributed by atoms with Crippen LogP contribution in [0.4, 0.5) is 0 Å². The van der Waals surface area contributed by atoms with Crippen molar-refractivity contribution < 1.29 is 14.2 Å². The van der Waals surface area contributed by atoms with Gasteiger partial charge in [0.25, 0.3) is 0 Å². The van der Waals surface area contributed by atoms with E-state index in [4.69, 9.17) is 14.2 Å². The molecule has 2 fully saturated rings. The third-order valence-electron chi connectivity index (χ3n) is 5.24. The van der Waals surface area contributed by atoms with E-state index in [1.54, 1.807) is 14.2 Å². The predicted molar refractivity (Wildman–Crippen MR) is 81.0 cm³/mol. The van der Waals surface area contributed by atoms with Crippen LogP contribution in [0.15, 0.2) is 0 Å². The summed E-state index contributed by atoms with van der Waals surface area (Å²) in [5.74, 6) is 0.716. The standard InChI is InChI=1S/C17H32O3/c1-18-12-17(13-19-2,15-8-7-9-15)14-20-16-10-5-3-4-6-11-16/h15-16H,3-14H2,1-2H3. The second-order valence-electron chi connectivity index (χ2n) is 6.78. The molecule has 118 valence electrons. The molecule has 2 aliphatic carbocycles. The predicted octanol–water partition coefficient (Wildman–Crippen LogP) is 3.81. The molecule has 2 saturated carbocycles. The minimum absolute atomic E-state index is 0.0774. The Morgan fingerprint density at radius 1 is 0.750 bits per heavy atom. The Balaban J connectivity index is 1.90. The molecule has 0 saturated heterocycles. The fourth-order valence-corrected chi connectivity index (χ4v) is 3.77. The number of ether oxygens (including phenoxy) is 3. The van der Waals surface area contributed by atoms with Crippen molar-refractivity contribution in [1.29, 1.82) is 0 Å². The van der Waals surface area contributed by atoms with Gasteiger partial charge in [0.2, 0.25) is 0 Å². The van der Waals surface area contributed by atoms with Gasteiger partial charge in [-0.25, -0.2) is 0 Å². The summed E-state index contributed by atoms with van der Waals surface area (Å²) in [6.07, 6.45) is 12.3. The highest BCUT2D eigenvalue weighted by atomic mass is 16.5. The average Bonchev–Trinajstić information content (AvgIpc) is 2.63. The van der Waals surface area contributed by atoms with Crippen LogP contribution in [0.25, 0.3) is 0 Å². The van der Waals surface area contributed by atoms with Gasteiger partial charge in [0.1, 0.15) is 0 Å².